The summed E-state index contributed by atoms with van der Waals surface area (Å²) < 4.78 is 16.5. The Kier molecular flexibility index (Phi) is 39.8. The largest absolute Gasteiger partial charge is 0.462 e. The fraction of sp³-hybridized carbons (Fsp3) is 0.500. The van der Waals surface area contributed by atoms with E-state index >= 15 is 0 Å². The second kappa shape index (κ2) is 43.3. The lowest BCUT2D eigenvalue weighted by molar-refractivity contribution is -0.166. The first kappa shape index (κ1) is 51.5. The molecule has 1 unspecified atom stereocenters. The summed E-state index contributed by atoms with van der Waals surface area (Å²) in [5.74, 6) is -1.14. The van der Waals surface area contributed by atoms with Gasteiger partial charge in [0.1, 0.15) is 13.2 Å². The zero-order chi connectivity index (χ0) is 40.8. The molecule has 0 N–H and O–H groups in total. The van der Waals surface area contributed by atoms with E-state index in [1.165, 1.54) is 0 Å². The third-order valence-corrected chi connectivity index (χ3v) is 8.08. The van der Waals surface area contributed by atoms with Crippen LogP contribution in [0.5, 0.6) is 0 Å². The smallest absolute Gasteiger partial charge is 0.309 e. The summed E-state index contributed by atoms with van der Waals surface area (Å²) in [4.78, 5) is 37.5. The standard InChI is InChI=1S/C50H74O6/c1-4-7-10-13-16-19-21-23-24-25-26-27-29-31-34-37-40-43-49(52)55-46-47(45-54-48(51)42-39-36-33-30-18-15-12-9-6-3)56-50(53)44-41-38-35-32-28-22-20-17-14-11-8-5-2/h7-13,16-21,23-27,29-30,36,39,47H,4-6,14-15,22,28,31-35,37-38,40-46H2,1-3H3/b10-7-,11-8-,12-9-,16-13-,20-17-,21-19-,24-23-,26-25+,29-27-,30-18-,39-36-. The predicted molar refractivity (Wildman–Crippen MR) is 237 cm³/mol. The fourth-order valence-corrected chi connectivity index (χ4v) is 4.98. The van der Waals surface area contributed by atoms with E-state index in [0.717, 1.165) is 96.3 Å². The summed E-state index contributed by atoms with van der Waals surface area (Å²) in [5, 5.41) is 0. The minimum atomic E-state index is -0.841. The number of rotatable bonds is 35. The monoisotopic (exact) mass is 771 g/mol. The molecule has 0 aromatic carbocycles. The molecule has 6 nitrogen and oxygen atoms in total. The van der Waals surface area contributed by atoms with Crippen molar-refractivity contribution in [2.75, 3.05) is 13.2 Å². The van der Waals surface area contributed by atoms with Crippen LogP contribution in [-0.2, 0) is 28.6 Å². The van der Waals surface area contributed by atoms with Crippen molar-refractivity contribution < 1.29 is 28.6 Å². The van der Waals surface area contributed by atoms with E-state index in [-0.39, 0.29) is 44.4 Å². The highest BCUT2D eigenvalue weighted by Crippen LogP contribution is 2.11. The van der Waals surface area contributed by atoms with Crippen LogP contribution in [-0.4, -0.2) is 37.2 Å². The van der Waals surface area contributed by atoms with Crippen LogP contribution in [0.1, 0.15) is 143 Å². The molecule has 0 heterocycles. The molecule has 0 aromatic rings. The highest BCUT2D eigenvalue weighted by Gasteiger charge is 2.19. The summed E-state index contributed by atoms with van der Waals surface area (Å²) in [5.41, 5.74) is 0. The van der Waals surface area contributed by atoms with Crippen molar-refractivity contribution in [2.45, 2.75) is 149 Å². The maximum Gasteiger partial charge on any atom is 0.309 e. The summed E-state index contributed by atoms with van der Waals surface area (Å²) in [6.07, 6.45) is 60.4. The Labute approximate surface area is 341 Å². The third kappa shape index (κ3) is 40.7. The van der Waals surface area contributed by atoms with Gasteiger partial charge in [0.2, 0.25) is 0 Å². The van der Waals surface area contributed by atoms with Gasteiger partial charge in [0.25, 0.3) is 0 Å². The third-order valence-electron chi connectivity index (χ3n) is 8.08. The summed E-state index contributed by atoms with van der Waals surface area (Å²) >= 11 is 0. The van der Waals surface area contributed by atoms with Gasteiger partial charge in [0.05, 0.1) is 6.42 Å². The number of unbranched alkanes of at least 4 members (excludes halogenated alkanes) is 8. The molecule has 0 aliphatic carbocycles. The molecule has 0 radical (unpaired) electrons. The van der Waals surface area contributed by atoms with Crippen LogP contribution >= 0.6 is 0 Å². The lowest BCUT2D eigenvalue weighted by Crippen LogP contribution is -2.30. The molecule has 0 aromatic heterocycles. The van der Waals surface area contributed by atoms with Gasteiger partial charge in [-0.2, -0.15) is 0 Å². The Morgan fingerprint density at radius 1 is 0.393 bits per heavy atom. The zero-order valence-electron chi connectivity index (χ0n) is 35.1. The number of allylic oxidation sites excluding steroid dienone is 21. The van der Waals surface area contributed by atoms with Gasteiger partial charge in [-0.25, -0.2) is 0 Å². The molecule has 0 saturated carbocycles. The quantitative estimate of drug-likeness (QED) is 0.0210. The van der Waals surface area contributed by atoms with Crippen LogP contribution in [0.2, 0.25) is 0 Å². The normalized spacial score (nSPS) is 13.4. The Morgan fingerprint density at radius 2 is 0.804 bits per heavy atom. The summed E-state index contributed by atoms with van der Waals surface area (Å²) in [6, 6.07) is 0. The van der Waals surface area contributed by atoms with Crippen molar-refractivity contribution in [1.82, 2.24) is 0 Å². The highest BCUT2D eigenvalue weighted by atomic mass is 16.6. The van der Waals surface area contributed by atoms with Crippen LogP contribution in [0.25, 0.3) is 0 Å². The van der Waals surface area contributed by atoms with E-state index in [0.29, 0.717) is 6.42 Å². The molecule has 0 spiro atoms. The minimum Gasteiger partial charge on any atom is -0.462 e. The maximum absolute atomic E-state index is 12.7. The first-order valence-corrected chi connectivity index (χ1v) is 21.3. The molecule has 0 bridgehead atoms. The van der Waals surface area contributed by atoms with Gasteiger partial charge in [-0.3, -0.25) is 14.4 Å². The van der Waals surface area contributed by atoms with Crippen molar-refractivity contribution in [3.8, 4) is 0 Å². The SMILES string of the molecule is CC\C=C/C=C\C=C/C=C\C=C\C=C/CCCCCC(=O)OCC(COC(=O)C/C=C\C/C=C\C/C=C\CC)OC(=O)CCCCCCC/C=C\C/C=C\CC. The molecule has 0 fully saturated rings. The van der Waals surface area contributed by atoms with Gasteiger partial charge in [0, 0.05) is 12.8 Å². The van der Waals surface area contributed by atoms with E-state index in [1.807, 2.05) is 66.8 Å². The van der Waals surface area contributed by atoms with E-state index in [9.17, 15) is 14.4 Å². The highest BCUT2D eigenvalue weighted by molar-refractivity contribution is 5.72. The molecule has 0 amide bonds. The van der Waals surface area contributed by atoms with Gasteiger partial charge in [-0.05, 0) is 77.0 Å². The predicted octanol–water partition coefficient (Wildman–Crippen LogP) is 13.6. The zero-order valence-corrected chi connectivity index (χ0v) is 35.1. The number of carbonyl (C=O) groups excluding carboxylic acids is 3. The summed E-state index contributed by atoms with van der Waals surface area (Å²) in [6.45, 7) is 6.06. The molecule has 6 heteroatoms. The molecule has 1 atom stereocenters. The van der Waals surface area contributed by atoms with Crippen LogP contribution in [0, 0.1) is 0 Å². The molecular weight excluding hydrogens is 697 g/mol. The average Bonchev–Trinajstić information content (AvgIpc) is 3.19. The minimum absolute atomic E-state index is 0.117. The Balaban J connectivity index is 4.58. The van der Waals surface area contributed by atoms with E-state index in [4.69, 9.17) is 14.2 Å². The van der Waals surface area contributed by atoms with Gasteiger partial charge in [-0.1, -0.05) is 180 Å². The van der Waals surface area contributed by atoms with Crippen molar-refractivity contribution in [1.29, 1.82) is 0 Å². The van der Waals surface area contributed by atoms with Gasteiger partial charge in [0.15, 0.2) is 6.10 Å². The topological polar surface area (TPSA) is 78.9 Å². The number of hydrogen-bond donors (Lipinski definition) is 0. The van der Waals surface area contributed by atoms with Crippen LogP contribution in [0.15, 0.2) is 134 Å². The number of esters is 3. The second-order valence-corrected chi connectivity index (χ2v) is 13.3. The van der Waals surface area contributed by atoms with Gasteiger partial charge < -0.3 is 14.2 Å². The molecule has 310 valence electrons. The number of hydrogen-bond acceptors (Lipinski definition) is 6. The fourth-order valence-electron chi connectivity index (χ4n) is 4.98. The van der Waals surface area contributed by atoms with Crippen LogP contribution < -0.4 is 0 Å². The maximum atomic E-state index is 12.7. The van der Waals surface area contributed by atoms with Gasteiger partial charge in [-0.15, -0.1) is 0 Å². The first-order chi connectivity index (χ1) is 27.5. The van der Waals surface area contributed by atoms with Crippen molar-refractivity contribution >= 4 is 17.9 Å². The first-order valence-electron chi connectivity index (χ1n) is 21.3. The summed E-state index contributed by atoms with van der Waals surface area (Å²) in [7, 11) is 0. The molecule has 56 heavy (non-hydrogen) atoms. The molecule has 0 aliphatic rings. The Bertz CT molecular complexity index is 1300. The van der Waals surface area contributed by atoms with Crippen LogP contribution in [0.4, 0.5) is 0 Å². The average molecular weight is 771 g/mol. The Morgan fingerprint density at radius 3 is 1.39 bits per heavy atom. The van der Waals surface area contributed by atoms with Crippen LogP contribution in [0.3, 0.4) is 0 Å². The molecular formula is C50H74O6. The lowest BCUT2D eigenvalue weighted by atomic mass is 10.1. The van der Waals surface area contributed by atoms with Crippen molar-refractivity contribution in [2.24, 2.45) is 0 Å². The number of carbonyl (C=O) groups is 3. The lowest BCUT2D eigenvalue weighted by Gasteiger charge is -2.18. The molecule has 0 rings (SSSR count). The van der Waals surface area contributed by atoms with E-state index in [1.54, 1.807) is 6.08 Å². The Hall–Kier alpha value is -4.45. The van der Waals surface area contributed by atoms with Crippen molar-refractivity contribution in [3.05, 3.63) is 134 Å². The van der Waals surface area contributed by atoms with E-state index < -0.39 is 12.1 Å². The van der Waals surface area contributed by atoms with E-state index in [2.05, 4.69) is 81.5 Å². The molecule has 0 aliphatic heterocycles. The second-order valence-electron chi connectivity index (χ2n) is 13.3. The molecule has 0 saturated heterocycles. The van der Waals surface area contributed by atoms with Crippen molar-refractivity contribution in [3.63, 3.8) is 0 Å². The van der Waals surface area contributed by atoms with Gasteiger partial charge >= 0.3 is 17.9 Å². The number of ether oxygens (including phenoxy) is 3.